The SMILES string of the molecule is CC(C)(C)c1ccc(-c2cccc3ccc(C(C)(C)C)cc23)cc1. The molecule has 0 aromatic heterocycles. The first kappa shape index (κ1) is 16.8. The van der Waals surface area contributed by atoms with E-state index in [0.29, 0.717) is 0 Å². The third kappa shape index (κ3) is 3.24. The molecule has 0 amide bonds. The van der Waals surface area contributed by atoms with Gasteiger partial charge in [0.25, 0.3) is 0 Å². The number of hydrogen-bond donors (Lipinski definition) is 0. The summed E-state index contributed by atoms with van der Waals surface area (Å²) in [6.45, 7) is 13.6. The lowest BCUT2D eigenvalue weighted by Gasteiger charge is -2.21. The van der Waals surface area contributed by atoms with E-state index < -0.39 is 0 Å². The van der Waals surface area contributed by atoms with Gasteiger partial charge in [-0.2, -0.15) is 0 Å². The summed E-state index contributed by atoms with van der Waals surface area (Å²) in [5, 5.41) is 2.65. The quantitative estimate of drug-likeness (QED) is 0.449. The van der Waals surface area contributed by atoms with Gasteiger partial charge < -0.3 is 0 Å². The highest BCUT2D eigenvalue weighted by Crippen LogP contribution is 2.33. The number of fused-ring (bicyclic) bond motifs is 1. The molecule has 3 aromatic rings. The van der Waals surface area contributed by atoms with Crippen molar-refractivity contribution in [1.29, 1.82) is 0 Å². The van der Waals surface area contributed by atoms with E-state index in [1.54, 1.807) is 0 Å². The number of rotatable bonds is 1. The molecule has 0 aliphatic carbocycles. The molecule has 24 heavy (non-hydrogen) atoms. The predicted molar refractivity (Wildman–Crippen MR) is 107 cm³/mol. The minimum atomic E-state index is 0.164. The number of hydrogen-bond acceptors (Lipinski definition) is 0. The molecule has 0 aliphatic heterocycles. The van der Waals surface area contributed by atoms with E-state index in [4.69, 9.17) is 0 Å². The van der Waals surface area contributed by atoms with Crippen LogP contribution in [0.1, 0.15) is 52.7 Å². The van der Waals surface area contributed by atoms with Crippen molar-refractivity contribution in [3.05, 3.63) is 71.8 Å². The molecule has 3 aromatic carbocycles. The fourth-order valence-electron chi connectivity index (χ4n) is 3.14. The monoisotopic (exact) mass is 316 g/mol. The van der Waals surface area contributed by atoms with Crippen LogP contribution in [0.2, 0.25) is 0 Å². The molecule has 0 spiro atoms. The summed E-state index contributed by atoms with van der Waals surface area (Å²) in [7, 11) is 0. The average Bonchev–Trinajstić information content (AvgIpc) is 2.52. The lowest BCUT2D eigenvalue weighted by Crippen LogP contribution is -2.10. The Balaban J connectivity index is 2.15. The van der Waals surface area contributed by atoms with Gasteiger partial charge in [0, 0.05) is 0 Å². The summed E-state index contributed by atoms with van der Waals surface area (Å²) in [5.41, 5.74) is 5.73. The minimum Gasteiger partial charge on any atom is -0.0610 e. The molecule has 124 valence electrons. The predicted octanol–water partition coefficient (Wildman–Crippen LogP) is 7.10. The van der Waals surface area contributed by atoms with Crippen molar-refractivity contribution in [3.8, 4) is 11.1 Å². The fourth-order valence-corrected chi connectivity index (χ4v) is 3.14. The Morgan fingerprint density at radius 1 is 0.583 bits per heavy atom. The molecule has 0 nitrogen and oxygen atoms in total. The van der Waals surface area contributed by atoms with Crippen LogP contribution >= 0.6 is 0 Å². The Bertz CT molecular complexity index is 853. The van der Waals surface area contributed by atoms with Gasteiger partial charge in [0.2, 0.25) is 0 Å². The van der Waals surface area contributed by atoms with E-state index in [-0.39, 0.29) is 10.8 Å². The fraction of sp³-hybridized carbons (Fsp3) is 0.333. The Kier molecular flexibility index (Phi) is 4.03. The molecule has 0 saturated carbocycles. The van der Waals surface area contributed by atoms with Crippen molar-refractivity contribution in [2.45, 2.75) is 52.4 Å². The lowest BCUT2D eigenvalue weighted by atomic mass is 9.84. The van der Waals surface area contributed by atoms with Crippen LogP contribution in [0.5, 0.6) is 0 Å². The van der Waals surface area contributed by atoms with Gasteiger partial charge in [-0.25, -0.2) is 0 Å². The van der Waals surface area contributed by atoms with Gasteiger partial charge in [-0.1, -0.05) is 102 Å². The summed E-state index contributed by atoms with van der Waals surface area (Å²) < 4.78 is 0. The van der Waals surface area contributed by atoms with Crippen LogP contribution in [-0.4, -0.2) is 0 Å². The highest BCUT2D eigenvalue weighted by atomic mass is 14.2. The molecule has 0 heteroatoms. The van der Waals surface area contributed by atoms with Crippen LogP contribution < -0.4 is 0 Å². The third-order valence-electron chi connectivity index (χ3n) is 4.81. The van der Waals surface area contributed by atoms with Crippen molar-refractivity contribution in [2.75, 3.05) is 0 Å². The summed E-state index contributed by atoms with van der Waals surface area (Å²) >= 11 is 0. The van der Waals surface area contributed by atoms with E-state index in [0.717, 1.165) is 0 Å². The largest absolute Gasteiger partial charge is 0.0610 e. The summed E-state index contributed by atoms with van der Waals surface area (Å²) in [6.07, 6.45) is 0. The molecule has 0 unspecified atom stereocenters. The zero-order valence-electron chi connectivity index (χ0n) is 15.8. The zero-order valence-corrected chi connectivity index (χ0v) is 15.8. The minimum absolute atomic E-state index is 0.164. The molecule has 0 atom stereocenters. The normalized spacial score (nSPS) is 12.6. The van der Waals surface area contributed by atoms with Gasteiger partial charge in [0.1, 0.15) is 0 Å². The van der Waals surface area contributed by atoms with Crippen molar-refractivity contribution in [3.63, 3.8) is 0 Å². The van der Waals surface area contributed by atoms with Gasteiger partial charge in [-0.15, -0.1) is 0 Å². The molecule has 0 bridgehead atoms. The smallest absolute Gasteiger partial charge is 0.0102 e. The van der Waals surface area contributed by atoms with E-state index in [9.17, 15) is 0 Å². The molecule has 3 rings (SSSR count). The van der Waals surface area contributed by atoms with Crippen molar-refractivity contribution >= 4 is 10.8 Å². The standard InChI is InChI=1S/C24H28/c1-23(2,3)19-13-10-18(11-14-19)21-9-7-8-17-12-15-20(16-22(17)21)24(4,5)6/h7-16H,1-6H3. The molecule has 0 saturated heterocycles. The lowest BCUT2D eigenvalue weighted by molar-refractivity contribution is 0.590. The summed E-state index contributed by atoms with van der Waals surface area (Å²) in [6, 6.07) is 22.5. The van der Waals surface area contributed by atoms with Crippen LogP contribution in [0, 0.1) is 0 Å². The van der Waals surface area contributed by atoms with E-state index >= 15 is 0 Å². The van der Waals surface area contributed by atoms with Gasteiger partial charge in [-0.3, -0.25) is 0 Å². The van der Waals surface area contributed by atoms with Crippen molar-refractivity contribution < 1.29 is 0 Å². The maximum Gasteiger partial charge on any atom is -0.0102 e. The Morgan fingerprint density at radius 2 is 1.17 bits per heavy atom. The molecule has 0 aliphatic rings. The highest BCUT2D eigenvalue weighted by Gasteiger charge is 2.16. The first-order valence-electron chi connectivity index (χ1n) is 8.80. The molecule has 0 heterocycles. The van der Waals surface area contributed by atoms with Gasteiger partial charge in [-0.05, 0) is 43.9 Å². The van der Waals surface area contributed by atoms with Crippen LogP contribution in [0.25, 0.3) is 21.9 Å². The Labute approximate surface area is 146 Å². The first-order chi connectivity index (χ1) is 11.2. The maximum absolute atomic E-state index is 2.36. The third-order valence-corrected chi connectivity index (χ3v) is 4.81. The van der Waals surface area contributed by atoms with Crippen molar-refractivity contribution in [2.24, 2.45) is 0 Å². The molecule has 0 fully saturated rings. The molecule has 0 N–H and O–H groups in total. The van der Waals surface area contributed by atoms with Gasteiger partial charge in [0.15, 0.2) is 0 Å². The first-order valence-corrected chi connectivity index (χ1v) is 8.80. The number of benzene rings is 3. The van der Waals surface area contributed by atoms with Crippen LogP contribution in [0.4, 0.5) is 0 Å². The molecular formula is C24H28. The van der Waals surface area contributed by atoms with E-state index in [1.165, 1.54) is 33.0 Å². The average molecular weight is 316 g/mol. The van der Waals surface area contributed by atoms with Crippen LogP contribution in [-0.2, 0) is 10.8 Å². The van der Waals surface area contributed by atoms with Crippen LogP contribution in [0.15, 0.2) is 60.7 Å². The second-order valence-corrected chi connectivity index (χ2v) is 8.82. The second kappa shape index (κ2) is 5.77. The van der Waals surface area contributed by atoms with Crippen molar-refractivity contribution in [1.82, 2.24) is 0 Å². The van der Waals surface area contributed by atoms with E-state index in [1.807, 2.05) is 0 Å². The zero-order chi connectivity index (χ0) is 17.5. The summed E-state index contributed by atoms with van der Waals surface area (Å²) in [5.74, 6) is 0. The summed E-state index contributed by atoms with van der Waals surface area (Å²) in [4.78, 5) is 0. The van der Waals surface area contributed by atoms with Gasteiger partial charge >= 0.3 is 0 Å². The van der Waals surface area contributed by atoms with Gasteiger partial charge in [0.05, 0.1) is 0 Å². The van der Waals surface area contributed by atoms with Crippen LogP contribution in [0.3, 0.4) is 0 Å². The topological polar surface area (TPSA) is 0 Å². The second-order valence-electron chi connectivity index (χ2n) is 8.82. The Morgan fingerprint density at radius 3 is 1.75 bits per heavy atom. The Hall–Kier alpha value is -2.08. The van der Waals surface area contributed by atoms with E-state index in [2.05, 4.69) is 102 Å². The molecular weight excluding hydrogens is 288 g/mol. The molecule has 0 radical (unpaired) electrons. The maximum atomic E-state index is 2.36. The highest BCUT2D eigenvalue weighted by molar-refractivity contribution is 5.97.